The van der Waals surface area contributed by atoms with Crippen LogP contribution in [-0.2, 0) is 11.2 Å². The molecule has 4 heteroatoms. The number of carbonyl (C=O) groups is 1. The van der Waals surface area contributed by atoms with Crippen LogP contribution in [-0.4, -0.2) is 25.3 Å². The fourth-order valence-corrected chi connectivity index (χ4v) is 1.83. The Labute approximate surface area is 110 Å². The summed E-state index contributed by atoms with van der Waals surface area (Å²) in [4.78, 5) is 10.4. The molecule has 3 nitrogen and oxygen atoms in total. The van der Waals surface area contributed by atoms with Crippen molar-refractivity contribution in [2.75, 3.05) is 19.0 Å². The minimum Gasteiger partial charge on any atom is -0.493 e. The van der Waals surface area contributed by atoms with Crippen LogP contribution in [0, 0.1) is 0 Å². The zero-order valence-electron chi connectivity index (χ0n) is 9.95. The van der Waals surface area contributed by atoms with Gasteiger partial charge in [0.05, 0.1) is 13.7 Å². The lowest BCUT2D eigenvalue weighted by Crippen LogP contribution is -2.00. The van der Waals surface area contributed by atoms with Gasteiger partial charge >= 0.3 is 0 Å². The number of hydrogen-bond acceptors (Lipinski definition) is 3. The largest absolute Gasteiger partial charge is 0.493 e. The fraction of sp³-hybridized carbons (Fsp3) is 0.462. The highest BCUT2D eigenvalue weighted by Gasteiger charge is 2.05. The van der Waals surface area contributed by atoms with Crippen LogP contribution in [0.3, 0.4) is 0 Å². The minimum absolute atomic E-state index is 0.403. The van der Waals surface area contributed by atoms with E-state index in [9.17, 15) is 4.79 Å². The summed E-state index contributed by atoms with van der Waals surface area (Å²) in [6.07, 6.45) is 3.38. The van der Waals surface area contributed by atoms with Crippen LogP contribution in [0.4, 0.5) is 0 Å². The Bertz CT molecular complexity index is 353. The molecule has 0 aliphatic carbocycles. The Morgan fingerprint density at radius 1 is 1.29 bits per heavy atom. The number of halogens is 1. The molecule has 0 radical (unpaired) electrons. The van der Waals surface area contributed by atoms with Gasteiger partial charge in [-0.1, -0.05) is 22.0 Å². The molecule has 0 saturated heterocycles. The molecule has 1 rings (SSSR count). The van der Waals surface area contributed by atoms with Gasteiger partial charge in [0.25, 0.3) is 0 Å². The van der Waals surface area contributed by atoms with Crippen LogP contribution in [0.1, 0.15) is 18.4 Å². The zero-order valence-corrected chi connectivity index (χ0v) is 11.5. The molecular formula is C13H17BrO3. The van der Waals surface area contributed by atoms with E-state index in [2.05, 4.69) is 15.9 Å². The summed E-state index contributed by atoms with van der Waals surface area (Å²) in [6.45, 7) is 0.676. The van der Waals surface area contributed by atoms with Gasteiger partial charge in [-0.2, -0.15) is 0 Å². The summed E-state index contributed by atoms with van der Waals surface area (Å²) in [5.74, 6) is 1.42. The molecule has 0 fully saturated rings. The van der Waals surface area contributed by atoms with Crippen LogP contribution in [0.2, 0.25) is 0 Å². The van der Waals surface area contributed by atoms with Crippen molar-refractivity contribution in [3.8, 4) is 11.5 Å². The van der Waals surface area contributed by atoms with Crippen LogP contribution >= 0.6 is 15.9 Å². The summed E-state index contributed by atoms with van der Waals surface area (Å²) >= 11 is 3.38. The van der Waals surface area contributed by atoms with Crippen molar-refractivity contribution in [2.24, 2.45) is 0 Å². The van der Waals surface area contributed by atoms with E-state index in [4.69, 9.17) is 9.47 Å². The number of alkyl halides is 1. The molecule has 0 unspecified atom stereocenters. The van der Waals surface area contributed by atoms with E-state index < -0.39 is 0 Å². The number of unbranched alkanes of at least 4 members (excludes halogenated alkanes) is 1. The maximum atomic E-state index is 10.4. The zero-order chi connectivity index (χ0) is 12.5. The van der Waals surface area contributed by atoms with Crippen molar-refractivity contribution in [1.82, 2.24) is 0 Å². The number of aldehydes is 1. The molecule has 0 aliphatic rings. The Hall–Kier alpha value is -1.03. The second-order valence-electron chi connectivity index (χ2n) is 3.60. The first-order valence-electron chi connectivity index (χ1n) is 5.61. The average Bonchev–Trinajstić information content (AvgIpc) is 2.36. The van der Waals surface area contributed by atoms with Crippen molar-refractivity contribution < 1.29 is 14.3 Å². The van der Waals surface area contributed by atoms with Gasteiger partial charge < -0.3 is 14.3 Å². The third kappa shape index (κ3) is 4.77. The van der Waals surface area contributed by atoms with Crippen LogP contribution < -0.4 is 9.47 Å². The number of ether oxygens (including phenoxy) is 2. The number of carbonyl (C=O) groups excluding carboxylic acids is 1. The van der Waals surface area contributed by atoms with Crippen molar-refractivity contribution in [3.05, 3.63) is 23.8 Å². The second kappa shape index (κ2) is 8.12. The molecule has 0 N–H and O–H groups in total. The Morgan fingerprint density at radius 2 is 2.12 bits per heavy atom. The van der Waals surface area contributed by atoms with Gasteiger partial charge in [-0.15, -0.1) is 0 Å². The quantitative estimate of drug-likeness (QED) is 0.421. The predicted octanol–water partition coefficient (Wildman–Crippen LogP) is 2.99. The first kappa shape index (κ1) is 14.0. The second-order valence-corrected chi connectivity index (χ2v) is 4.39. The first-order valence-corrected chi connectivity index (χ1v) is 6.73. The first-order chi connectivity index (χ1) is 8.31. The average molecular weight is 301 g/mol. The monoisotopic (exact) mass is 300 g/mol. The lowest BCUT2D eigenvalue weighted by atomic mass is 10.1. The summed E-state index contributed by atoms with van der Waals surface area (Å²) in [7, 11) is 1.60. The summed E-state index contributed by atoms with van der Waals surface area (Å²) < 4.78 is 10.9. The molecule has 1 aromatic carbocycles. The fourth-order valence-electron chi connectivity index (χ4n) is 1.43. The van der Waals surface area contributed by atoms with Gasteiger partial charge in [-0.25, -0.2) is 0 Å². The van der Waals surface area contributed by atoms with Gasteiger partial charge in [-0.05, 0) is 30.5 Å². The smallest absolute Gasteiger partial charge is 0.161 e. The molecular weight excluding hydrogens is 284 g/mol. The highest BCUT2D eigenvalue weighted by molar-refractivity contribution is 9.09. The van der Waals surface area contributed by atoms with Crippen LogP contribution in [0.25, 0.3) is 0 Å². The molecule has 0 amide bonds. The SMILES string of the molecule is COc1cc(CC=O)ccc1OCCCCBr. The third-order valence-corrected chi connectivity index (χ3v) is 2.89. The highest BCUT2D eigenvalue weighted by Crippen LogP contribution is 2.28. The standard InChI is InChI=1S/C13H17BrO3/c1-16-13-10-11(6-8-15)4-5-12(13)17-9-3-2-7-14/h4-5,8,10H,2-3,6-7,9H2,1H3. The molecule has 0 heterocycles. The minimum atomic E-state index is 0.403. The van der Waals surface area contributed by atoms with E-state index in [-0.39, 0.29) is 0 Å². The van der Waals surface area contributed by atoms with Crippen LogP contribution in [0.5, 0.6) is 11.5 Å². The molecule has 0 aromatic heterocycles. The number of benzene rings is 1. The van der Waals surface area contributed by atoms with Crippen molar-refractivity contribution in [2.45, 2.75) is 19.3 Å². The molecule has 0 bridgehead atoms. The van der Waals surface area contributed by atoms with E-state index in [1.165, 1.54) is 0 Å². The molecule has 1 aromatic rings. The summed E-state index contributed by atoms with van der Waals surface area (Å²) in [6, 6.07) is 5.58. The van der Waals surface area contributed by atoms with Gasteiger partial charge in [0.1, 0.15) is 6.29 Å². The van der Waals surface area contributed by atoms with Crippen molar-refractivity contribution >= 4 is 22.2 Å². The van der Waals surface area contributed by atoms with Gasteiger partial charge in [-0.3, -0.25) is 0 Å². The Morgan fingerprint density at radius 3 is 2.76 bits per heavy atom. The number of methoxy groups -OCH3 is 1. The maximum Gasteiger partial charge on any atom is 0.161 e. The lowest BCUT2D eigenvalue weighted by Gasteiger charge is -2.11. The normalized spacial score (nSPS) is 10.0. The third-order valence-electron chi connectivity index (χ3n) is 2.33. The predicted molar refractivity (Wildman–Crippen MR) is 71.3 cm³/mol. The number of rotatable bonds is 8. The van der Waals surface area contributed by atoms with Gasteiger partial charge in [0, 0.05) is 11.8 Å². The van der Waals surface area contributed by atoms with E-state index in [1.54, 1.807) is 7.11 Å². The molecule has 0 saturated carbocycles. The molecule has 0 spiro atoms. The molecule has 0 aliphatic heterocycles. The van der Waals surface area contributed by atoms with Crippen LogP contribution in [0.15, 0.2) is 18.2 Å². The Kier molecular flexibility index (Phi) is 6.70. The molecule has 94 valence electrons. The van der Waals surface area contributed by atoms with E-state index in [1.807, 2.05) is 18.2 Å². The Balaban J connectivity index is 2.61. The van der Waals surface area contributed by atoms with E-state index in [0.717, 1.165) is 35.8 Å². The summed E-state index contributed by atoms with van der Waals surface area (Å²) in [5, 5.41) is 0.992. The highest BCUT2D eigenvalue weighted by atomic mass is 79.9. The summed E-state index contributed by atoms with van der Waals surface area (Å²) in [5.41, 5.74) is 0.935. The van der Waals surface area contributed by atoms with Crippen molar-refractivity contribution in [1.29, 1.82) is 0 Å². The van der Waals surface area contributed by atoms with Gasteiger partial charge in [0.15, 0.2) is 11.5 Å². The number of hydrogen-bond donors (Lipinski definition) is 0. The van der Waals surface area contributed by atoms with E-state index >= 15 is 0 Å². The maximum absolute atomic E-state index is 10.4. The van der Waals surface area contributed by atoms with Crippen molar-refractivity contribution in [3.63, 3.8) is 0 Å². The molecule has 0 atom stereocenters. The topological polar surface area (TPSA) is 35.5 Å². The molecule has 17 heavy (non-hydrogen) atoms. The van der Waals surface area contributed by atoms with Gasteiger partial charge in [0.2, 0.25) is 0 Å². The lowest BCUT2D eigenvalue weighted by molar-refractivity contribution is -0.107. The van der Waals surface area contributed by atoms with E-state index in [0.29, 0.717) is 18.8 Å².